The molecule has 0 aliphatic carbocycles. The van der Waals surface area contributed by atoms with E-state index in [1.165, 1.54) is 11.3 Å². The third kappa shape index (κ3) is 3.38. The van der Waals surface area contributed by atoms with Gasteiger partial charge in [-0.25, -0.2) is 0 Å². The molecule has 0 spiro atoms. The van der Waals surface area contributed by atoms with Crippen LogP contribution in [0.4, 0.5) is 0 Å². The van der Waals surface area contributed by atoms with Crippen LogP contribution >= 0.6 is 23.1 Å². The summed E-state index contributed by atoms with van der Waals surface area (Å²) in [6, 6.07) is 4.45. The van der Waals surface area contributed by atoms with Crippen molar-refractivity contribution in [3.05, 3.63) is 22.4 Å². The zero-order valence-electron chi connectivity index (χ0n) is 11.8. The van der Waals surface area contributed by atoms with Gasteiger partial charge in [0.05, 0.1) is 6.04 Å². The van der Waals surface area contributed by atoms with Crippen LogP contribution in [0, 0.1) is 0 Å². The number of thiophene rings is 1. The molecule has 2 fully saturated rings. The second kappa shape index (κ2) is 6.96. The third-order valence-corrected chi connectivity index (χ3v) is 6.08. The van der Waals surface area contributed by atoms with Crippen LogP contribution in [0.25, 0.3) is 0 Å². The standard InChI is InChI=1S/C15H22N2OS2/c18-15(17-8-11-19-12-9-17)14-4-1-6-16(14)7-5-13-3-2-10-20-13/h2-3,10,14H,1,4-9,11-12H2/t14-/m0/s1. The molecule has 20 heavy (non-hydrogen) atoms. The molecule has 1 atom stereocenters. The number of hydrogen-bond donors (Lipinski definition) is 0. The molecule has 2 aliphatic heterocycles. The van der Waals surface area contributed by atoms with Crippen molar-refractivity contribution in [2.75, 3.05) is 37.7 Å². The van der Waals surface area contributed by atoms with Crippen LogP contribution in [0.5, 0.6) is 0 Å². The highest BCUT2D eigenvalue weighted by molar-refractivity contribution is 7.99. The minimum absolute atomic E-state index is 0.151. The molecule has 0 saturated carbocycles. The lowest BCUT2D eigenvalue weighted by Crippen LogP contribution is -2.48. The molecule has 0 radical (unpaired) electrons. The Kier molecular flexibility index (Phi) is 5.02. The van der Waals surface area contributed by atoms with Crippen molar-refractivity contribution >= 4 is 29.0 Å². The average Bonchev–Trinajstić information content (AvgIpc) is 3.16. The van der Waals surface area contributed by atoms with Gasteiger partial charge in [-0.3, -0.25) is 9.69 Å². The Hall–Kier alpha value is -0.520. The Bertz CT molecular complexity index is 429. The Morgan fingerprint density at radius 2 is 2.15 bits per heavy atom. The Morgan fingerprint density at radius 1 is 1.30 bits per heavy atom. The maximum atomic E-state index is 12.6. The topological polar surface area (TPSA) is 23.6 Å². The maximum Gasteiger partial charge on any atom is 0.239 e. The van der Waals surface area contributed by atoms with E-state index in [1.54, 1.807) is 0 Å². The van der Waals surface area contributed by atoms with Crippen molar-refractivity contribution in [1.29, 1.82) is 0 Å². The Morgan fingerprint density at radius 3 is 2.90 bits per heavy atom. The molecule has 0 aromatic carbocycles. The van der Waals surface area contributed by atoms with Crippen molar-refractivity contribution in [2.24, 2.45) is 0 Å². The number of rotatable bonds is 4. The van der Waals surface area contributed by atoms with Gasteiger partial charge in [0.15, 0.2) is 0 Å². The molecular formula is C15H22N2OS2. The first-order chi connectivity index (χ1) is 9.84. The SMILES string of the molecule is O=C([C@@H]1CCCN1CCc1cccs1)N1CCSCC1. The van der Waals surface area contributed by atoms with Gasteiger partial charge in [0, 0.05) is 36.0 Å². The lowest BCUT2D eigenvalue weighted by molar-refractivity contribution is -0.135. The first kappa shape index (κ1) is 14.4. The summed E-state index contributed by atoms with van der Waals surface area (Å²) in [5, 5.41) is 2.13. The minimum atomic E-state index is 0.151. The van der Waals surface area contributed by atoms with Crippen LogP contribution in [0.15, 0.2) is 17.5 Å². The van der Waals surface area contributed by atoms with Crippen LogP contribution in [0.1, 0.15) is 17.7 Å². The van der Waals surface area contributed by atoms with Crippen molar-refractivity contribution in [3.8, 4) is 0 Å². The second-order valence-corrected chi connectivity index (χ2v) is 7.72. The fraction of sp³-hybridized carbons (Fsp3) is 0.667. The van der Waals surface area contributed by atoms with Crippen LogP contribution < -0.4 is 0 Å². The van der Waals surface area contributed by atoms with Gasteiger partial charge in [-0.15, -0.1) is 11.3 Å². The third-order valence-electron chi connectivity index (χ3n) is 4.20. The van der Waals surface area contributed by atoms with E-state index in [0.29, 0.717) is 5.91 Å². The number of likely N-dealkylation sites (tertiary alicyclic amines) is 1. The zero-order chi connectivity index (χ0) is 13.8. The summed E-state index contributed by atoms with van der Waals surface area (Å²) in [4.78, 5) is 18.6. The first-order valence-corrected chi connectivity index (χ1v) is 9.51. The van der Waals surface area contributed by atoms with Crippen LogP contribution in [-0.2, 0) is 11.2 Å². The summed E-state index contributed by atoms with van der Waals surface area (Å²) >= 11 is 3.78. The molecule has 0 bridgehead atoms. The van der Waals surface area contributed by atoms with Gasteiger partial charge in [-0.2, -0.15) is 11.8 Å². The van der Waals surface area contributed by atoms with Gasteiger partial charge in [0.2, 0.25) is 5.91 Å². The smallest absolute Gasteiger partial charge is 0.239 e. The monoisotopic (exact) mass is 310 g/mol. The van der Waals surface area contributed by atoms with Gasteiger partial charge >= 0.3 is 0 Å². The van der Waals surface area contributed by atoms with Crippen LogP contribution in [0.2, 0.25) is 0 Å². The molecule has 110 valence electrons. The van der Waals surface area contributed by atoms with E-state index in [0.717, 1.165) is 50.5 Å². The van der Waals surface area contributed by atoms with E-state index in [1.807, 2.05) is 23.1 Å². The van der Waals surface area contributed by atoms with E-state index in [9.17, 15) is 4.79 Å². The molecule has 1 aromatic heterocycles. The summed E-state index contributed by atoms with van der Waals surface area (Å²) in [6.07, 6.45) is 3.30. The van der Waals surface area contributed by atoms with Gasteiger partial charge < -0.3 is 4.90 Å². The molecule has 5 heteroatoms. The summed E-state index contributed by atoms with van der Waals surface area (Å²) < 4.78 is 0. The fourth-order valence-corrected chi connectivity index (χ4v) is 4.68. The van der Waals surface area contributed by atoms with Crippen molar-refractivity contribution in [3.63, 3.8) is 0 Å². The number of nitrogens with zero attached hydrogens (tertiary/aromatic N) is 2. The van der Waals surface area contributed by atoms with Crippen molar-refractivity contribution < 1.29 is 4.79 Å². The molecule has 2 aliphatic rings. The predicted octanol–water partition coefficient (Wildman–Crippen LogP) is 2.33. The van der Waals surface area contributed by atoms with E-state index in [2.05, 4.69) is 27.3 Å². The fourth-order valence-electron chi connectivity index (χ4n) is 3.08. The Balaban J connectivity index is 1.55. The normalized spacial score (nSPS) is 24.2. The van der Waals surface area contributed by atoms with Crippen LogP contribution in [-0.4, -0.2) is 59.4 Å². The van der Waals surface area contributed by atoms with Gasteiger partial charge in [0.1, 0.15) is 0 Å². The highest BCUT2D eigenvalue weighted by Crippen LogP contribution is 2.22. The largest absolute Gasteiger partial charge is 0.340 e. The lowest BCUT2D eigenvalue weighted by Gasteiger charge is -2.32. The molecule has 0 N–H and O–H groups in total. The number of carbonyl (C=O) groups is 1. The number of carbonyl (C=O) groups excluding carboxylic acids is 1. The quantitative estimate of drug-likeness (QED) is 0.853. The molecule has 3 rings (SSSR count). The second-order valence-electron chi connectivity index (χ2n) is 5.46. The number of hydrogen-bond acceptors (Lipinski definition) is 4. The highest BCUT2D eigenvalue weighted by Gasteiger charge is 2.33. The first-order valence-electron chi connectivity index (χ1n) is 7.47. The van der Waals surface area contributed by atoms with Crippen molar-refractivity contribution in [1.82, 2.24) is 9.80 Å². The summed E-state index contributed by atoms with van der Waals surface area (Å²) in [7, 11) is 0. The van der Waals surface area contributed by atoms with Gasteiger partial charge in [-0.1, -0.05) is 6.07 Å². The zero-order valence-corrected chi connectivity index (χ0v) is 13.4. The molecule has 1 aromatic rings. The molecule has 2 saturated heterocycles. The van der Waals surface area contributed by atoms with Gasteiger partial charge in [0.25, 0.3) is 0 Å². The number of amides is 1. The van der Waals surface area contributed by atoms with Gasteiger partial charge in [-0.05, 0) is 37.3 Å². The summed E-state index contributed by atoms with van der Waals surface area (Å²) in [5.74, 6) is 2.59. The summed E-state index contributed by atoms with van der Waals surface area (Å²) in [6.45, 7) is 4.00. The highest BCUT2D eigenvalue weighted by atomic mass is 32.2. The molecule has 1 amide bonds. The predicted molar refractivity (Wildman–Crippen MR) is 86.5 cm³/mol. The average molecular weight is 310 g/mol. The summed E-state index contributed by atoms with van der Waals surface area (Å²) in [5.41, 5.74) is 0. The van der Waals surface area contributed by atoms with Crippen molar-refractivity contribution in [2.45, 2.75) is 25.3 Å². The van der Waals surface area contributed by atoms with E-state index in [4.69, 9.17) is 0 Å². The number of thioether (sulfide) groups is 1. The van der Waals surface area contributed by atoms with E-state index >= 15 is 0 Å². The van der Waals surface area contributed by atoms with E-state index < -0.39 is 0 Å². The molecular weight excluding hydrogens is 288 g/mol. The minimum Gasteiger partial charge on any atom is -0.340 e. The molecule has 3 nitrogen and oxygen atoms in total. The molecule has 0 unspecified atom stereocenters. The maximum absolute atomic E-state index is 12.6. The molecule has 3 heterocycles. The Labute approximate surface area is 129 Å². The van der Waals surface area contributed by atoms with Crippen LogP contribution in [0.3, 0.4) is 0 Å². The lowest BCUT2D eigenvalue weighted by atomic mass is 10.2. The van der Waals surface area contributed by atoms with E-state index in [-0.39, 0.29) is 6.04 Å².